The van der Waals surface area contributed by atoms with Crippen LogP contribution in [-0.2, 0) is 11.8 Å². The van der Waals surface area contributed by atoms with Gasteiger partial charge in [0.15, 0.2) is 11.0 Å². The van der Waals surface area contributed by atoms with Crippen LogP contribution in [0.5, 0.6) is 0 Å². The lowest BCUT2D eigenvalue weighted by atomic mass is 10.3. The first-order chi connectivity index (χ1) is 8.08. The molecule has 2 heterocycles. The van der Waals surface area contributed by atoms with Gasteiger partial charge in [0.1, 0.15) is 0 Å². The minimum absolute atomic E-state index is 0.00457. The maximum Gasteiger partial charge on any atom is 0.313 e. The summed E-state index contributed by atoms with van der Waals surface area (Å²) in [7, 11) is 1.77. The van der Waals surface area contributed by atoms with Crippen molar-refractivity contribution in [1.29, 1.82) is 0 Å². The molecule has 0 spiro atoms. The third-order valence-corrected chi connectivity index (χ3v) is 4.13. The Kier molecular flexibility index (Phi) is 3.49. The van der Waals surface area contributed by atoms with E-state index in [9.17, 15) is 4.79 Å². The number of aliphatic carboxylic acids is 1. The molecule has 0 saturated carbocycles. The van der Waals surface area contributed by atoms with Crippen LogP contribution in [0.4, 0.5) is 0 Å². The van der Waals surface area contributed by atoms with Crippen LogP contribution in [-0.4, -0.2) is 31.6 Å². The van der Waals surface area contributed by atoms with Crippen molar-refractivity contribution >= 4 is 29.1 Å². The number of carboxylic acids is 1. The van der Waals surface area contributed by atoms with Crippen molar-refractivity contribution in [2.24, 2.45) is 7.05 Å². The Labute approximate surface area is 106 Å². The van der Waals surface area contributed by atoms with Crippen molar-refractivity contribution in [3.8, 4) is 10.7 Å². The van der Waals surface area contributed by atoms with Crippen molar-refractivity contribution < 1.29 is 9.90 Å². The highest BCUT2D eigenvalue weighted by Gasteiger charge is 2.13. The highest BCUT2D eigenvalue weighted by atomic mass is 32.2. The fourth-order valence-corrected chi connectivity index (χ4v) is 2.81. The van der Waals surface area contributed by atoms with E-state index in [0.717, 1.165) is 10.4 Å². The molecule has 90 valence electrons. The van der Waals surface area contributed by atoms with E-state index in [2.05, 4.69) is 10.1 Å². The fourth-order valence-electron chi connectivity index (χ4n) is 1.32. The standard InChI is InChI=1S/C10H11N3O2S2/c1-6-3-4-16-8(6)9-11-10(13(2)12-9)17-5-7(14)15/h3-4H,5H2,1-2H3,(H,14,15). The van der Waals surface area contributed by atoms with E-state index < -0.39 is 5.97 Å². The van der Waals surface area contributed by atoms with Crippen LogP contribution in [0.2, 0.25) is 0 Å². The SMILES string of the molecule is Cc1ccsc1-c1nc(SCC(=O)O)n(C)n1. The Hall–Kier alpha value is -1.34. The number of rotatable bonds is 4. The van der Waals surface area contributed by atoms with Gasteiger partial charge in [-0.3, -0.25) is 4.79 Å². The second-order valence-electron chi connectivity index (χ2n) is 3.46. The molecule has 0 fully saturated rings. The predicted octanol–water partition coefficient (Wildman–Crippen LogP) is 2.03. The molecule has 0 saturated heterocycles. The summed E-state index contributed by atoms with van der Waals surface area (Å²) in [5.74, 6) is -0.199. The number of thiophene rings is 1. The molecule has 2 aromatic heterocycles. The molecule has 2 rings (SSSR count). The van der Waals surface area contributed by atoms with Gasteiger partial charge >= 0.3 is 5.97 Å². The molecule has 0 aromatic carbocycles. The minimum atomic E-state index is -0.855. The van der Waals surface area contributed by atoms with Crippen LogP contribution in [0.25, 0.3) is 10.7 Å². The molecule has 0 aliphatic rings. The molecular weight excluding hydrogens is 258 g/mol. The summed E-state index contributed by atoms with van der Waals surface area (Å²) in [5, 5.41) is 15.5. The second kappa shape index (κ2) is 4.89. The summed E-state index contributed by atoms with van der Waals surface area (Å²) in [6, 6.07) is 2.01. The van der Waals surface area contributed by atoms with Crippen molar-refractivity contribution in [1.82, 2.24) is 14.8 Å². The number of carbonyl (C=O) groups is 1. The van der Waals surface area contributed by atoms with Crippen molar-refractivity contribution in [3.63, 3.8) is 0 Å². The highest BCUT2D eigenvalue weighted by molar-refractivity contribution is 7.99. The summed E-state index contributed by atoms with van der Waals surface area (Å²) in [5.41, 5.74) is 1.13. The van der Waals surface area contributed by atoms with Crippen LogP contribution in [0.15, 0.2) is 16.6 Å². The minimum Gasteiger partial charge on any atom is -0.481 e. The number of hydrogen-bond donors (Lipinski definition) is 1. The molecule has 0 radical (unpaired) electrons. The third kappa shape index (κ3) is 2.67. The fraction of sp³-hybridized carbons (Fsp3) is 0.300. The van der Waals surface area contributed by atoms with Gasteiger partial charge in [0.05, 0.1) is 10.6 Å². The van der Waals surface area contributed by atoms with Crippen LogP contribution >= 0.6 is 23.1 Å². The molecule has 2 aromatic rings. The Balaban J connectivity index is 2.24. The molecule has 17 heavy (non-hydrogen) atoms. The quantitative estimate of drug-likeness (QED) is 0.860. The van der Waals surface area contributed by atoms with Gasteiger partial charge in [-0.2, -0.15) is 0 Å². The number of carboxylic acid groups (broad SMARTS) is 1. The predicted molar refractivity (Wildman–Crippen MR) is 67.4 cm³/mol. The van der Waals surface area contributed by atoms with Gasteiger partial charge in [0, 0.05) is 7.05 Å². The van der Waals surface area contributed by atoms with Crippen LogP contribution in [0.1, 0.15) is 5.56 Å². The average Bonchev–Trinajstić information content (AvgIpc) is 2.82. The number of hydrogen-bond acceptors (Lipinski definition) is 5. The van der Waals surface area contributed by atoms with Crippen LogP contribution < -0.4 is 0 Å². The van der Waals surface area contributed by atoms with E-state index in [0.29, 0.717) is 11.0 Å². The van der Waals surface area contributed by atoms with Gasteiger partial charge in [-0.15, -0.1) is 16.4 Å². The zero-order valence-corrected chi connectivity index (χ0v) is 11.0. The summed E-state index contributed by atoms with van der Waals surface area (Å²) >= 11 is 2.76. The second-order valence-corrected chi connectivity index (χ2v) is 5.32. The van der Waals surface area contributed by atoms with Gasteiger partial charge in [0.2, 0.25) is 0 Å². The van der Waals surface area contributed by atoms with Gasteiger partial charge in [-0.05, 0) is 23.9 Å². The molecule has 0 aliphatic heterocycles. The molecule has 7 heteroatoms. The summed E-state index contributed by atoms with van der Waals surface area (Å²) in [6.45, 7) is 2.01. The van der Waals surface area contributed by atoms with Gasteiger partial charge in [0.25, 0.3) is 0 Å². The third-order valence-electron chi connectivity index (χ3n) is 2.11. The van der Waals surface area contributed by atoms with E-state index in [-0.39, 0.29) is 5.75 Å². The zero-order chi connectivity index (χ0) is 12.4. The molecular formula is C10H11N3O2S2. The summed E-state index contributed by atoms with van der Waals surface area (Å²) in [6.07, 6.45) is 0. The highest BCUT2D eigenvalue weighted by Crippen LogP contribution is 2.28. The van der Waals surface area contributed by atoms with E-state index >= 15 is 0 Å². The van der Waals surface area contributed by atoms with Gasteiger partial charge in [-0.25, -0.2) is 9.67 Å². The van der Waals surface area contributed by atoms with Crippen LogP contribution in [0, 0.1) is 6.92 Å². The normalized spacial score (nSPS) is 10.7. The summed E-state index contributed by atoms with van der Waals surface area (Å²) < 4.78 is 1.61. The van der Waals surface area contributed by atoms with Crippen LogP contribution in [0.3, 0.4) is 0 Å². The van der Waals surface area contributed by atoms with Gasteiger partial charge < -0.3 is 5.11 Å². The van der Waals surface area contributed by atoms with E-state index in [1.54, 1.807) is 23.1 Å². The Morgan fingerprint density at radius 2 is 2.41 bits per heavy atom. The molecule has 0 bridgehead atoms. The molecule has 1 N–H and O–H groups in total. The molecule has 0 aliphatic carbocycles. The first-order valence-electron chi connectivity index (χ1n) is 4.88. The Morgan fingerprint density at radius 3 is 3.00 bits per heavy atom. The number of aromatic nitrogens is 3. The van der Waals surface area contributed by atoms with E-state index in [1.807, 2.05) is 18.4 Å². The number of aryl methyl sites for hydroxylation is 2. The first kappa shape index (κ1) is 12.1. The Bertz CT molecular complexity index is 547. The largest absolute Gasteiger partial charge is 0.481 e. The average molecular weight is 269 g/mol. The van der Waals surface area contributed by atoms with E-state index in [1.165, 1.54) is 11.8 Å². The van der Waals surface area contributed by atoms with Crippen molar-refractivity contribution in [3.05, 3.63) is 17.0 Å². The van der Waals surface area contributed by atoms with Gasteiger partial charge in [-0.1, -0.05) is 11.8 Å². The first-order valence-corrected chi connectivity index (χ1v) is 6.74. The lowest BCUT2D eigenvalue weighted by Crippen LogP contribution is -2.00. The zero-order valence-electron chi connectivity index (χ0n) is 9.38. The number of nitrogens with zero attached hydrogens (tertiary/aromatic N) is 3. The topological polar surface area (TPSA) is 68.0 Å². The molecule has 5 nitrogen and oxygen atoms in total. The summed E-state index contributed by atoms with van der Waals surface area (Å²) in [4.78, 5) is 15.9. The Morgan fingerprint density at radius 1 is 1.65 bits per heavy atom. The van der Waals surface area contributed by atoms with E-state index in [4.69, 9.17) is 5.11 Å². The maximum atomic E-state index is 10.5. The number of thioether (sulfide) groups is 1. The van der Waals surface area contributed by atoms with Crippen molar-refractivity contribution in [2.45, 2.75) is 12.1 Å². The molecule has 0 atom stereocenters. The van der Waals surface area contributed by atoms with Crippen molar-refractivity contribution in [2.75, 3.05) is 5.75 Å². The lowest BCUT2D eigenvalue weighted by molar-refractivity contribution is -0.133. The molecule has 0 amide bonds. The molecule has 0 unspecified atom stereocenters. The lowest BCUT2D eigenvalue weighted by Gasteiger charge is -1.94. The smallest absolute Gasteiger partial charge is 0.313 e. The maximum absolute atomic E-state index is 10.5. The monoisotopic (exact) mass is 269 g/mol.